The third-order valence-corrected chi connectivity index (χ3v) is 3.44. The minimum absolute atomic E-state index is 0.0435. The summed E-state index contributed by atoms with van der Waals surface area (Å²) >= 11 is 11.7. The minimum Gasteiger partial charge on any atom is -0.398 e. The molecular formula is C12H11Cl2FN2. The van der Waals surface area contributed by atoms with Crippen molar-refractivity contribution in [1.82, 2.24) is 4.98 Å². The molecule has 2 N–H and O–H groups in total. The van der Waals surface area contributed by atoms with Gasteiger partial charge in [0.1, 0.15) is 0 Å². The van der Waals surface area contributed by atoms with E-state index in [0.717, 1.165) is 17.7 Å². The van der Waals surface area contributed by atoms with E-state index in [0.29, 0.717) is 16.6 Å². The van der Waals surface area contributed by atoms with Gasteiger partial charge in [0.2, 0.25) is 0 Å². The average molecular weight is 273 g/mol. The SMILES string of the molecule is CCc1c(C)nc2cc(Cl)c(F)c(Cl)c2c1N. The van der Waals surface area contributed by atoms with Crippen molar-refractivity contribution < 1.29 is 4.39 Å². The largest absolute Gasteiger partial charge is 0.398 e. The van der Waals surface area contributed by atoms with E-state index in [2.05, 4.69) is 4.98 Å². The normalized spacial score (nSPS) is 11.1. The molecule has 0 saturated carbocycles. The first-order valence-corrected chi connectivity index (χ1v) is 5.95. The number of nitrogens with zero attached hydrogens (tertiary/aromatic N) is 1. The maximum absolute atomic E-state index is 13.6. The van der Waals surface area contributed by atoms with E-state index in [1.165, 1.54) is 6.07 Å². The van der Waals surface area contributed by atoms with Gasteiger partial charge in [-0.2, -0.15) is 0 Å². The van der Waals surface area contributed by atoms with E-state index in [4.69, 9.17) is 28.9 Å². The lowest BCUT2D eigenvalue weighted by Crippen LogP contribution is -2.02. The number of nitrogen functional groups attached to an aromatic ring is 1. The quantitative estimate of drug-likeness (QED) is 0.793. The Hall–Kier alpha value is -1.06. The number of hydrogen-bond donors (Lipinski definition) is 1. The van der Waals surface area contributed by atoms with Gasteiger partial charge in [-0.15, -0.1) is 0 Å². The van der Waals surface area contributed by atoms with Crippen LogP contribution in [0.4, 0.5) is 10.1 Å². The van der Waals surface area contributed by atoms with Gasteiger partial charge in [0, 0.05) is 16.8 Å². The number of rotatable bonds is 1. The molecule has 5 heteroatoms. The Morgan fingerprint density at radius 2 is 2.06 bits per heavy atom. The first kappa shape index (κ1) is 12.4. The van der Waals surface area contributed by atoms with E-state index in [9.17, 15) is 4.39 Å². The van der Waals surface area contributed by atoms with Crippen LogP contribution in [0.1, 0.15) is 18.2 Å². The molecule has 1 aromatic heterocycles. The van der Waals surface area contributed by atoms with Gasteiger partial charge in [0.05, 0.1) is 15.6 Å². The summed E-state index contributed by atoms with van der Waals surface area (Å²) in [7, 11) is 0. The van der Waals surface area contributed by atoms with Crippen LogP contribution in [0.15, 0.2) is 6.07 Å². The van der Waals surface area contributed by atoms with Crippen molar-refractivity contribution in [2.24, 2.45) is 0 Å². The van der Waals surface area contributed by atoms with Crippen LogP contribution < -0.4 is 5.73 Å². The maximum atomic E-state index is 13.6. The number of aryl methyl sites for hydroxylation is 1. The molecule has 0 saturated heterocycles. The van der Waals surface area contributed by atoms with Crippen molar-refractivity contribution in [3.05, 3.63) is 33.2 Å². The minimum atomic E-state index is -0.653. The summed E-state index contributed by atoms with van der Waals surface area (Å²) in [6.45, 7) is 3.83. The van der Waals surface area contributed by atoms with Crippen molar-refractivity contribution in [1.29, 1.82) is 0 Å². The fourth-order valence-corrected chi connectivity index (χ4v) is 2.51. The molecule has 1 heterocycles. The third-order valence-electron chi connectivity index (χ3n) is 2.81. The molecule has 0 atom stereocenters. The summed E-state index contributed by atoms with van der Waals surface area (Å²) in [4.78, 5) is 4.35. The van der Waals surface area contributed by atoms with Gasteiger partial charge in [-0.1, -0.05) is 30.1 Å². The lowest BCUT2D eigenvalue weighted by Gasteiger charge is -2.12. The maximum Gasteiger partial charge on any atom is 0.161 e. The number of anilines is 1. The molecule has 0 radical (unpaired) electrons. The highest BCUT2D eigenvalue weighted by molar-refractivity contribution is 6.39. The Balaban J connectivity index is 2.98. The standard InChI is InChI=1S/C12H11Cl2FN2/c1-3-6-5(2)17-8-4-7(13)11(15)10(14)9(8)12(6)16/h4H,3H2,1-2H3,(H2,16,17). The monoisotopic (exact) mass is 272 g/mol. The van der Waals surface area contributed by atoms with Gasteiger partial charge in [-0.3, -0.25) is 4.98 Å². The Labute approximate surface area is 109 Å². The highest BCUT2D eigenvalue weighted by Gasteiger charge is 2.16. The van der Waals surface area contributed by atoms with E-state index in [1.807, 2.05) is 13.8 Å². The second-order valence-corrected chi connectivity index (χ2v) is 4.61. The molecule has 2 rings (SSSR count). The smallest absolute Gasteiger partial charge is 0.161 e. The van der Waals surface area contributed by atoms with Crippen LogP contribution >= 0.6 is 23.2 Å². The average Bonchev–Trinajstić information content (AvgIpc) is 2.26. The van der Waals surface area contributed by atoms with Crippen LogP contribution in [0, 0.1) is 12.7 Å². The van der Waals surface area contributed by atoms with E-state index in [-0.39, 0.29) is 10.0 Å². The second-order valence-electron chi connectivity index (χ2n) is 3.82. The van der Waals surface area contributed by atoms with Crippen molar-refractivity contribution in [3.63, 3.8) is 0 Å². The first-order chi connectivity index (χ1) is 7.97. The zero-order chi connectivity index (χ0) is 12.7. The van der Waals surface area contributed by atoms with Crippen LogP contribution in [0.2, 0.25) is 10.0 Å². The van der Waals surface area contributed by atoms with Crippen molar-refractivity contribution in [2.75, 3.05) is 5.73 Å². The van der Waals surface area contributed by atoms with Crippen LogP contribution in [0.25, 0.3) is 10.9 Å². The molecule has 0 aliphatic rings. The zero-order valence-electron chi connectivity index (χ0n) is 9.44. The molecule has 0 fully saturated rings. The molecular weight excluding hydrogens is 262 g/mol. The number of nitrogens with two attached hydrogens (primary N) is 1. The molecule has 2 nitrogen and oxygen atoms in total. The summed E-state index contributed by atoms with van der Waals surface area (Å²) in [5.74, 6) is -0.653. The molecule has 0 spiro atoms. The predicted molar refractivity (Wildman–Crippen MR) is 70.2 cm³/mol. The summed E-state index contributed by atoms with van der Waals surface area (Å²) in [5, 5.41) is 0.335. The molecule has 0 aliphatic carbocycles. The summed E-state index contributed by atoms with van der Waals surface area (Å²) in [6, 6.07) is 1.45. The number of fused-ring (bicyclic) bond motifs is 1. The number of pyridine rings is 1. The summed E-state index contributed by atoms with van der Waals surface area (Å²) < 4.78 is 13.6. The highest BCUT2D eigenvalue weighted by Crippen LogP contribution is 2.36. The van der Waals surface area contributed by atoms with Gasteiger partial charge >= 0.3 is 0 Å². The van der Waals surface area contributed by atoms with E-state index >= 15 is 0 Å². The van der Waals surface area contributed by atoms with Gasteiger partial charge in [-0.05, 0) is 25.0 Å². The fourth-order valence-electron chi connectivity index (χ4n) is 1.97. The van der Waals surface area contributed by atoms with Gasteiger partial charge < -0.3 is 5.73 Å². The Morgan fingerprint density at radius 3 is 2.65 bits per heavy atom. The molecule has 90 valence electrons. The van der Waals surface area contributed by atoms with E-state index < -0.39 is 5.82 Å². The van der Waals surface area contributed by atoms with Crippen molar-refractivity contribution >= 4 is 39.8 Å². The van der Waals surface area contributed by atoms with Crippen LogP contribution in [-0.4, -0.2) is 4.98 Å². The molecule has 0 amide bonds. The number of benzene rings is 1. The van der Waals surface area contributed by atoms with Crippen LogP contribution in [0.5, 0.6) is 0 Å². The molecule has 0 bridgehead atoms. The molecule has 0 unspecified atom stereocenters. The van der Waals surface area contributed by atoms with Gasteiger partial charge in [0.15, 0.2) is 5.82 Å². The molecule has 1 aromatic carbocycles. The number of hydrogen-bond acceptors (Lipinski definition) is 2. The first-order valence-electron chi connectivity index (χ1n) is 5.19. The topological polar surface area (TPSA) is 38.9 Å². The molecule has 0 aliphatic heterocycles. The van der Waals surface area contributed by atoms with Crippen molar-refractivity contribution in [3.8, 4) is 0 Å². The fraction of sp³-hybridized carbons (Fsp3) is 0.250. The Morgan fingerprint density at radius 1 is 1.41 bits per heavy atom. The molecule has 2 aromatic rings. The van der Waals surface area contributed by atoms with Crippen molar-refractivity contribution in [2.45, 2.75) is 20.3 Å². The highest BCUT2D eigenvalue weighted by atomic mass is 35.5. The summed E-state index contributed by atoms with van der Waals surface area (Å²) in [6.07, 6.45) is 0.723. The molecule has 17 heavy (non-hydrogen) atoms. The van der Waals surface area contributed by atoms with Crippen LogP contribution in [0.3, 0.4) is 0 Å². The second kappa shape index (κ2) is 4.31. The number of aromatic nitrogens is 1. The van der Waals surface area contributed by atoms with E-state index in [1.54, 1.807) is 0 Å². The lowest BCUT2D eigenvalue weighted by molar-refractivity contribution is 0.630. The third kappa shape index (κ3) is 1.83. The van der Waals surface area contributed by atoms with Gasteiger partial charge in [0.25, 0.3) is 0 Å². The number of halogens is 3. The lowest BCUT2D eigenvalue weighted by atomic mass is 10.0. The Kier molecular flexibility index (Phi) is 3.15. The zero-order valence-corrected chi connectivity index (χ0v) is 11.0. The van der Waals surface area contributed by atoms with Crippen LogP contribution in [-0.2, 0) is 6.42 Å². The summed E-state index contributed by atoms with van der Waals surface area (Å²) in [5.41, 5.74) is 8.73. The van der Waals surface area contributed by atoms with Gasteiger partial charge in [-0.25, -0.2) is 4.39 Å². The Bertz CT molecular complexity index is 611. The predicted octanol–water partition coefficient (Wildman–Crippen LogP) is 4.13.